The van der Waals surface area contributed by atoms with Gasteiger partial charge in [-0.2, -0.15) is 0 Å². The highest BCUT2D eigenvalue weighted by atomic mass is 19.1. The van der Waals surface area contributed by atoms with Gasteiger partial charge in [0.05, 0.1) is 5.69 Å². The lowest BCUT2D eigenvalue weighted by molar-refractivity contribution is -0.144. The molecule has 4 rings (SSSR count). The molecule has 0 saturated heterocycles. The van der Waals surface area contributed by atoms with Crippen molar-refractivity contribution in [2.24, 2.45) is 0 Å². The Hall–Kier alpha value is -2.63. The number of nitrogens with one attached hydrogen (secondary N) is 1. The van der Waals surface area contributed by atoms with E-state index < -0.39 is 6.04 Å². The summed E-state index contributed by atoms with van der Waals surface area (Å²) in [5, 5.41) is 3.23. The molecule has 0 unspecified atom stereocenters. The Morgan fingerprint density at radius 3 is 2.45 bits per heavy atom. The highest BCUT2D eigenvalue weighted by Gasteiger charge is 2.38. The topological polar surface area (TPSA) is 54.3 Å². The molecular formula is C23H28FN3O2. The molecule has 1 atom stereocenters. The lowest BCUT2D eigenvalue weighted by atomic mass is 9.96. The summed E-state index contributed by atoms with van der Waals surface area (Å²) in [7, 11) is 0. The van der Waals surface area contributed by atoms with Gasteiger partial charge in [0.15, 0.2) is 6.04 Å². The maximum absolute atomic E-state index is 13.3. The largest absolute Gasteiger partial charge is 0.351 e. The standard InChI is InChI=1S/C23H28FN3O2/c24-18-12-10-17(11-13-18)15-27-21(28)16-26-14-6-9-20(26)22(27)23(29)25-19-7-4-2-1-3-5-8-19/h6,9-14,19,22H,1-5,7-8,15-16H2,(H,25,29)/t22-/m0/s1. The van der Waals surface area contributed by atoms with Gasteiger partial charge in [0.25, 0.3) is 0 Å². The number of hydrogen-bond donors (Lipinski definition) is 1. The minimum absolute atomic E-state index is 0.101. The molecule has 0 bridgehead atoms. The van der Waals surface area contributed by atoms with Crippen LogP contribution in [0.3, 0.4) is 0 Å². The van der Waals surface area contributed by atoms with Crippen LogP contribution in [0.4, 0.5) is 4.39 Å². The highest BCUT2D eigenvalue weighted by molar-refractivity contribution is 5.90. The number of nitrogens with zero attached hydrogens (tertiary/aromatic N) is 2. The molecular weight excluding hydrogens is 369 g/mol. The number of benzene rings is 1. The Labute approximate surface area is 170 Å². The fraction of sp³-hybridized carbons (Fsp3) is 0.478. The normalized spacial score (nSPS) is 20.7. The van der Waals surface area contributed by atoms with E-state index in [1.165, 1.54) is 31.4 Å². The van der Waals surface area contributed by atoms with Crippen molar-refractivity contribution in [1.29, 1.82) is 0 Å². The monoisotopic (exact) mass is 397 g/mol. The Bertz CT molecular complexity index is 853. The van der Waals surface area contributed by atoms with Gasteiger partial charge >= 0.3 is 0 Å². The molecule has 6 heteroatoms. The zero-order chi connectivity index (χ0) is 20.2. The van der Waals surface area contributed by atoms with Crippen LogP contribution in [0.1, 0.15) is 62.2 Å². The van der Waals surface area contributed by atoms with E-state index in [9.17, 15) is 14.0 Å². The Morgan fingerprint density at radius 2 is 1.72 bits per heavy atom. The predicted molar refractivity (Wildman–Crippen MR) is 108 cm³/mol. The minimum atomic E-state index is -0.665. The second-order valence-electron chi connectivity index (χ2n) is 8.16. The van der Waals surface area contributed by atoms with Gasteiger partial charge in [0, 0.05) is 18.8 Å². The van der Waals surface area contributed by atoms with Gasteiger partial charge in [0.2, 0.25) is 11.8 Å². The lowest BCUT2D eigenvalue weighted by Crippen LogP contribution is -2.50. The summed E-state index contributed by atoms with van der Waals surface area (Å²) in [4.78, 5) is 27.9. The Morgan fingerprint density at radius 1 is 1.03 bits per heavy atom. The molecule has 1 aromatic heterocycles. The molecule has 5 nitrogen and oxygen atoms in total. The fourth-order valence-corrected chi connectivity index (χ4v) is 4.48. The molecule has 154 valence electrons. The average Bonchev–Trinajstić information content (AvgIpc) is 3.13. The van der Waals surface area contributed by atoms with Crippen LogP contribution in [-0.4, -0.2) is 27.3 Å². The maximum atomic E-state index is 13.3. The highest BCUT2D eigenvalue weighted by Crippen LogP contribution is 2.29. The number of aromatic nitrogens is 1. The van der Waals surface area contributed by atoms with E-state index in [0.717, 1.165) is 36.9 Å². The maximum Gasteiger partial charge on any atom is 0.249 e. The molecule has 1 fully saturated rings. The van der Waals surface area contributed by atoms with E-state index in [0.29, 0.717) is 0 Å². The molecule has 1 aliphatic carbocycles. The van der Waals surface area contributed by atoms with Crippen molar-refractivity contribution in [2.75, 3.05) is 0 Å². The summed E-state index contributed by atoms with van der Waals surface area (Å²) in [6.45, 7) is 0.504. The molecule has 29 heavy (non-hydrogen) atoms. The van der Waals surface area contributed by atoms with E-state index >= 15 is 0 Å². The first kappa shape index (κ1) is 19.7. The number of amides is 2. The van der Waals surface area contributed by atoms with Gasteiger partial charge in [-0.05, 0) is 42.7 Å². The fourth-order valence-electron chi connectivity index (χ4n) is 4.48. The van der Waals surface area contributed by atoms with E-state index in [-0.39, 0.29) is 36.8 Å². The lowest BCUT2D eigenvalue weighted by Gasteiger charge is -2.37. The van der Waals surface area contributed by atoms with Gasteiger partial charge in [0.1, 0.15) is 12.4 Å². The number of carbonyl (C=O) groups excluding carboxylic acids is 2. The van der Waals surface area contributed by atoms with Crippen LogP contribution in [0.15, 0.2) is 42.6 Å². The van der Waals surface area contributed by atoms with Crippen LogP contribution in [0.5, 0.6) is 0 Å². The molecule has 1 aliphatic heterocycles. The number of hydrogen-bond acceptors (Lipinski definition) is 2. The Kier molecular flexibility index (Phi) is 5.97. The van der Waals surface area contributed by atoms with Crippen LogP contribution in [0, 0.1) is 5.82 Å². The van der Waals surface area contributed by atoms with Gasteiger partial charge < -0.3 is 14.8 Å². The molecule has 1 saturated carbocycles. The molecule has 2 heterocycles. The zero-order valence-electron chi connectivity index (χ0n) is 16.6. The summed E-state index contributed by atoms with van der Waals surface area (Å²) in [6.07, 6.45) is 9.79. The molecule has 0 radical (unpaired) electrons. The summed E-state index contributed by atoms with van der Waals surface area (Å²) < 4.78 is 15.1. The first-order chi connectivity index (χ1) is 14.1. The van der Waals surface area contributed by atoms with Crippen molar-refractivity contribution in [1.82, 2.24) is 14.8 Å². The van der Waals surface area contributed by atoms with Crippen molar-refractivity contribution in [3.63, 3.8) is 0 Å². The quantitative estimate of drug-likeness (QED) is 0.850. The summed E-state index contributed by atoms with van der Waals surface area (Å²) in [5.74, 6) is -0.535. The van der Waals surface area contributed by atoms with E-state index in [4.69, 9.17) is 0 Å². The van der Waals surface area contributed by atoms with Crippen molar-refractivity contribution in [3.05, 3.63) is 59.7 Å². The first-order valence-corrected chi connectivity index (χ1v) is 10.6. The van der Waals surface area contributed by atoms with Crippen molar-refractivity contribution in [3.8, 4) is 0 Å². The molecule has 2 aliphatic rings. The summed E-state index contributed by atoms with van der Waals surface area (Å²) in [5.41, 5.74) is 1.64. The SMILES string of the molecule is O=C(NC1CCCCCCC1)[C@@H]1c2cccn2CC(=O)N1Cc1ccc(F)cc1. The average molecular weight is 397 g/mol. The third-order valence-corrected chi connectivity index (χ3v) is 6.05. The van der Waals surface area contributed by atoms with Crippen molar-refractivity contribution in [2.45, 2.75) is 70.1 Å². The first-order valence-electron chi connectivity index (χ1n) is 10.6. The smallest absolute Gasteiger partial charge is 0.249 e. The number of rotatable bonds is 4. The molecule has 0 spiro atoms. The number of carbonyl (C=O) groups is 2. The van der Waals surface area contributed by atoms with Crippen LogP contribution in [0.25, 0.3) is 0 Å². The molecule has 2 amide bonds. The van der Waals surface area contributed by atoms with E-state index in [1.54, 1.807) is 17.0 Å². The zero-order valence-corrected chi connectivity index (χ0v) is 16.6. The van der Waals surface area contributed by atoms with Gasteiger partial charge in [-0.1, -0.05) is 44.2 Å². The Balaban J connectivity index is 1.56. The van der Waals surface area contributed by atoms with Crippen molar-refractivity contribution < 1.29 is 14.0 Å². The third kappa shape index (κ3) is 4.52. The van der Waals surface area contributed by atoms with E-state index in [1.807, 2.05) is 22.9 Å². The minimum Gasteiger partial charge on any atom is -0.351 e. The summed E-state index contributed by atoms with van der Waals surface area (Å²) >= 11 is 0. The van der Waals surface area contributed by atoms with Crippen LogP contribution in [0.2, 0.25) is 0 Å². The molecule has 1 aromatic carbocycles. The molecule has 2 aromatic rings. The van der Waals surface area contributed by atoms with Crippen LogP contribution in [-0.2, 0) is 22.7 Å². The second kappa shape index (κ2) is 8.80. The van der Waals surface area contributed by atoms with E-state index in [2.05, 4.69) is 5.32 Å². The number of halogens is 1. The van der Waals surface area contributed by atoms with Gasteiger partial charge in [-0.25, -0.2) is 4.39 Å². The second-order valence-corrected chi connectivity index (χ2v) is 8.16. The molecule has 1 N–H and O–H groups in total. The predicted octanol–water partition coefficient (Wildman–Crippen LogP) is 3.94. The van der Waals surface area contributed by atoms with Crippen molar-refractivity contribution >= 4 is 11.8 Å². The van der Waals surface area contributed by atoms with Crippen LogP contribution >= 0.6 is 0 Å². The summed E-state index contributed by atoms with van der Waals surface area (Å²) in [6, 6.07) is 9.39. The number of fused-ring (bicyclic) bond motifs is 1. The van der Waals surface area contributed by atoms with Gasteiger partial charge in [-0.3, -0.25) is 9.59 Å². The van der Waals surface area contributed by atoms with Gasteiger partial charge in [-0.15, -0.1) is 0 Å². The van der Waals surface area contributed by atoms with Crippen LogP contribution < -0.4 is 5.32 Å². The third-order valence-electron chi connectivity index (χ3n) is 6.05.